The minimum Gasteiger partial charge on any atom is -0.508 e. The first kappa shape index (κ1) is 75.3. The van der Waals surface area contributed by atoms with Gasteiger partial charge in [0.15, 0.2) is 0 Å². The monoisotopic (exact) mass is 1320 g/mol. The van der Waals surface area contributed by atoms with Crippen molar-refractivity contribution in [3.63, 3.8) is 0 Å². The maximum atomic E-state index is 14.7. The molecule has 1 aliphatic rings. The molecule has 5 rings (SSSR count). The molecule has 0 saturated carbocycles. The summed E-state index contributed by atoms with van der Waals surface area (Å²) < 4.78 is 0. The molecule has 10 atom stereocenters. The smallest absolute Gasteiger partial charge is 0.243 e. The highest BCUT2D eigenvalue weighted by Crippen LogP contribution is 2.21. The SMILES string of the molecule is CC(C)C[C@H](NC(=O)[C@H](CCCN)NC(=O)[C@@H](NC(=O)[C@H](Cc1ccc(O)cc1)NC(=O)[C@H](CCC(N)=O)NC(=O)[C@H](CC(N)=O)NC(=O)[C@H](Cc1ccc(O)cc1)NC(=O)[C@H](Cc1ccccc1)NC(=O)[C@@H]1CCCN1C(=O)[C@H](N)Cc1ccccc1)C(C)C)C(=O)S. The minimum atomic E-state index is -1.90. The first-order valence-corrected chi connectivity index (χ1v) is 31.7. The Hall–Kier alpha value is -9.41. The van der Waals surface area contributed by atoms with Gasteiger partial charge in [-0.3, -0.25) is 57.5 Å². The van der Waals surface area contributed by atoms with Crippen molar-refractivity contribution in [1.29, 1.82) is 0 Å². The van der Waals surface area contributed by atoms with Gasteiger partial charge in [0, 0.05) is 32.2 Å². The van der Waals surface area contributed by atoms with Crippen LogP contribution in [0.2, 0.25) is 0 Å². The van der Waals surface area contributed by atoms with Crippen LogP contribution < -0.4 is 65.5 Å². The van der Waals surface area contributed by atoms with Crippen molar-refractivity contribution in [1.82, 2.24) is 47.4 Å². The van der Waals surface area contributed by atoms with E-state index >= 15 is 0 Å². The Morgan fingerprint density at radius 1 is 0.511 bits per heavy atom. The van der Waals surface area contributed by atoms with E-state index < -0.39 is 156 Å². The quantitative estimate of drug-likeness (QED) is 0.0256. The van der Waals surface area contributed by atoms with Gasteiger partial charge in [-0.05, 0) is 110 Å². The maximum absolute atomic E-state index is 14.7. The minimum absolute atomic E-state index is 0.0105. The average molecular weight is 1320 g/mol. The summed E-state index contributed by atoms with van der Waals surface area (Å²) in [5.74, 6) is -10.8. The fraction of sp³-hybridized carbons (Fsp3) is 0.455. The lowest BCUT2D eigenvalue weighted by molar-refractivity contribution is -0.140. The van der Waals surface area contributed by atoms with Crippen LogP contribution in [-0.2, 0) is 83.2 Å². The summed E-state index contributed by atoms with van der Waals surface area (Å²) in [5.41, 5.74) is 25.5. The van der Waals surface area contributed by atoms with Gasteiger partial charge in [0.1, 0.15) is 59.8 Å². The molecule has 0 bridgehead atoms. The topological polar surface area (TPSA) is 449 Å². The molecule has 508 valence electrons. The fourth-order valence-electron chi connectivity index (χ4n) is 10.6. The lowest BCUT2D eigenvalue weighted by Crippen LogP contribution is -2.61. The van der Waals surface area contributed by atoms with E-state index in [1.165, 1.54) is 53.4 Å². The van der Waals surface area contributed by atoms with Crippen LogP contribution in [-0.4, -0.2) is 159 Å². The molecule has 18 N–H and O–H groups in total. The Morgan fingerprint density at radius 3 is 1.39 bits per heavy atom. The number of amides is 11. The average Bonchev–Trinajstić information content (AvgIpc) is 1.56. The Bertz CT molecular complexity index is 3250. The summed E-state index contributed by atoms with van der Waals surface area (Å²) in [6, 6.07) is 15.1. The number of aromatic hydroxyl groups is 2. The van der Waals surface area contributed by atoms with E-state index in [0.717, 1.165) is 5.56 Å². The van der Waals surface area contributed by atoms with Gasteiger partial charge in [0.25, 0.3) is 0 Å². The van der Waals surface area contributed by atoms with Gasteiger partial charge in [-0.1, -0.05) is 113 Å². The summed E-state index contributed by atoms with van der Waals surface area (Å²) in [5, 5.41) is 40.5. The number of likely N-dealkylation sites (tertiary alicyclic amines) is 1. The fourth-order valence-corrected chi connectivity index (χ4v) is 10.8. The molecule has 28 heteroatoms. The number of nitrogens with one attached hydrogen (secondary N) is 8. The number of phenolic OH excluding ortho intramolecular Hbond substituents is 2. The second-order valence-corrected chi connectivity index (χ2v) is 24.6. The molecule has 1 fully saturated rings. The van der Waals surface area contributed by atoms with Crippen molar-refractivity contribution in [2.24, 2.45) is 34.8 Å². The normalized spacial score (nSPS) is 15.7. The van der Waals surface area contributed by atoms with Gasteiger partial charge >= 0.3 is 0 Å². The molecular formula is C66H89N13O14S. The molecule has 27 nitrogen and oxygen atoms in total. The van der Waals surface area contributed by atoms with Crippen LogP contribution in [0.5, 0.6) is 11.5 Å². The molecule has 0 aromatic heterocycles. The first-order chi connectivity index (χ1) is 44.6. The molecule has 11 amide bonds. The van der Waals surface area contributed by atoms with Crippen molar-refractivity contribution in [2.75, 3.05) is 13.1 Å². The number of carbonyl (C=O) groups is 12. The summed E-state index contributed by atoms with van der Waals surface area (Å²) in [6.07, 6.45) is -1.14. The summed E-state index contributed by atoms with van der Waals surface area (Å²) in [6.45, 7) is 7.28. The van der Waals surface area contributed by atoms with E-state index in [-0.39, 0.29) is 81.9 Å². The summed E-state index contributed by atoms with van der Waals surface area (Å²) in [4.78, 5) is 168. The highest BCUT2D eigenvalue weighted by molar-refractivity contribution is 7.96. The number of rotatable bonds is 37. The number of phenols is 2. The standard InChI is InChI=1S/C66H89N13O14S/c1-37(2)31-52(66(93)94)77-57(84)46(17-11-29-67)72-64(91)56(38(3)4)78-62(89)50(35-42-21-25-44(81)26-22-42)73-58(85)47(27-28-54(69)82)71-61(88)51(36-55(70)83)75-59(86)48(34-41-19-23-43(80)24-20-41)74-60(87)49(33-40-15-9-6-10-16-40)76-63(90)53-18-12-30-79(53)65(92)45(68)32-39-13-7-5-8-14-39/h5-10,13-16,19-26,37-38,45-53,56,80-81H,11-12,17-18,27-36,67-68H2,1-4H3,(H2,69,82)(H2,70,83)(H,71,88)(H,72,91)(H,73,85)(H,74,87)(H,75,86)(H,76,90)(H,77,84)(H,78,89)(H,93,94)/t45-,46+,47+,48+,49+,50+,51+,52+,53+,56+/m1/s1. The summed E-state index contributed by atoms with van der Waals surface area (Å²) >= 11 is 3.93. The molecule has 1 saturated heterocycles. The number of thiol groups is 1. The molecule has 4 aromatic rings. The molecular weight excluding hydrogens is 1230 g/mol. The maximum Gasteiger partial charge on any atom is 0.243 e. The van der Waals surface area contributed by atoms with E-state index in [1.807, 2.05) is 44.2 Å². The number of nitrogens with zero attached hydrogens (tertiary/aromatic N) is 1. The molecule has 0 aliphatic carbocycles. The molecule has 1 heterocycles. The molecule has 0 radical (unpaired) electrons. The molecule has 94 heavy (non-hydrogen) atoms. The number of primary amides is 2. The van der Waals surface area contributed by atoms with E-state index in [0.29, 0.717) is 23.1 Å². The Balaban J connectivity index is 1.41. The third-order valence-corrected chi connectivity index (χ3v) is 15.9. The number of carbonyl (C=O) groups excluding carboxylic acids is 12. The van der Waals surface area contributed by atoms with Gasteiger partial charge in [-0.25, -0.2) is 0 Å². The van der Waals surface area contributed by atoms with Crippen LogP contribution in [0.25, 0.3) is 0 Å². The lowest BCUT2D eigenvalue weighted by Gasteiger charge is -2.29. The molecule has 1 aliphatic heterocycles. The first-order valence-electron chi connectivity index (χ1n) is 31.2. The zero-order chi connectivity index (χ0) is 69.2. The predicted octanol–water partition coefficient (Wildman–Crippen LogP) is -0.397. The van der Waals surface area contributed by atoms with Gasteiger partial charge in [0.05, 0.1) is 18.5 Å². The Labute approximate surface area is 551 Å². The van der Waals surface area contributed by atoms with E-state index in [2.05, 4.69) is 55.2 Å². The van der Waals surface area contributed by atoms with Gasteiger partial charge < -0.3 is 80.6 Å². The Kier molecular flexibility index (Phi) is 29.9. The van der Waals surface area contributed by atoms with Crippen LogP contribution in [0.4, 0.5) is 0 Å². The third-order valence-electron chi connectivity index (χ3n) is 15.6. The van der Waals surface area contributed by atoms with Crippen molar-refractivity contribution in [3.8, 4) is 11.5 Å². The summed E-state index contributed by atoms with van der Waals surface area (Å²) in [7, 11) is 0. The van der Waals surface area contributed by atoms with Crippen LogP contribution in [0.15, 0.2) is 109 Å². The van der Waals surface area contributed by atoms with Crippen LogP contribution in [0.3, 0.4) is 0 Å². The van der Waals surface area contributed by atoms with Gasteiger partial charge in [-0.15, -0.1) is 12.6 Å². The zero-order valence-electron chi connectivity index (χ0n) is 53.2. The predicted molar refractivity (Wildman–Crippen MR) is 351 cm³/mol. The molecule has 4 aromatic carbocycles. The second-order valence-electron chi connectivity index (χ2n) is 24.1. The van der Waals surface area contributed by atoms with Gasteiger partial charge in [0.2, 0.25) is 70.1 Å². The van der Waals surface area contributed by atoms with Crippen LogP contribution in [0, 0.1) is 11.8 Å². The van der Waals surface area contributed by atoms with Gasteiger partial charge in [-0.2, -0.15) is 0 Å². The lowest BCUT2D eigenvalue weighted by atomic mass is 9.99. The largest absolute Gasteiger partial charge is 0.508 e. The molecule has 0 unspecified atom stereocenters. The van der Waals surface area contributed by atoms with E-state index in [4.69, 9.17) is 22.9 Å². The Morgan fingerprint density at radius 2 is 0.926 bits per heavy atom. The van der Waals surface area contributed by atoms with E-state index in [1.54, 1.807) is 44.2 Å². The zero-order valence-corrected chi connectivity index (χ0v) is 54.1. The number of hydrogen-bond donors (Lipinski definition) is 15. The third kappa shape index (κ3) is 24.6. The van der Waals surface area contributed by atoms with E-state index in [9.17, 15) is 67.7 Å². The number of nitrogens with two attached hydrogens (primary N) is 4. The van der Waals surface area contributed by atoms with Crippen molar-refractivity contribution < 1.29 is 67.7 Å². The number of benzene rings is 4. The van der Waals surface area contributed by atoms with Crippen molar-refractivity contribution >= 4 is 82.7 Å². The second kappa shape index (κ2) is 37.3. The number of hydrogen-bond acceptors (Lipinski definition) is 16. The highest BCUT2D eigenvalue weighted by atomic mass is 32.1. The van der Waals surface area contributed by atoms with Crippen molar-refractivity contribution in [2.45, 2.75) is 165 Å². The van der Waals surface area contributed by atoms with Crippen LogP contribution >= 0.6 is 12.6 Å². The molecule has 0 spiro atoms. The van der Waals surface area contributed by atoms with Crippen LogP contribution in [0.1, 0.15) is 101 Å². The highest BCUT2D eigenvalue weighted by Gasteiger charge is 2.40. The van der Waals surface area contributed by atoms with Crippen molar-refractivity contribution in [3.05, 3.63) is 131 Å².